The van der Waals surface area contributed by atoms with Crippen molar-refractivity contribution in [3.63, 3.8) is 0 Å². The quantitative estimate of drug-likeness (QED) is 0.895. The predicted octanol–water partition coefficient (Wildman–Crippen LogP) is 2.68. The number of aromatic nitrogens is 1. The van der Waals surface area contributed by atoms with Crippen molar-refractivity contribution in [1.82, 2.24) is 4.98 Å². The molecule has 0 spiro atoms. The van der Waals surface area contributed by atoms with Gasteiger partial charge in [0.05, 0.1) is 25.3 Å². The zero-order valence-electron chi connectivity index (χ0n) is 10.8. The molecular weight excluding hydrogens is 246 g/mol. The lowest BCUT2D eigenvalue weighted by atomic mass is 10.1. The third-order valence-corrected chi connectivity index (χ3v) is 2.73. The maximum absolute atomic E-state index is 10.5. The minimum atomic E-state index is -0.856. The number of rotatable bonds is 5. The van der Waals surface area contributed by atoms with Gasteiger partial charge in [0.15, 0.2) is 0 Å². The Labute approximate surface area is 110 Å². The van der Waals surface area contributed by atoms with Crippen LogP contribution in [0.4, 0.5) is 0 Å². The molecule has 0 saturated heterocycles. The normalized spacial score (nSPS) is 10.4. The van der Waals surface area contributed by atoms with Crippen molar-refractivity contribution in [3.05, 3.63) is 35.7 Å². The Bertz CT molecular complexity index is 589. The molecule has 0 aliphatic heterocycles. The number of aryl methyl sites for hydroxylation is 2. The van der Waals surface area contributed by atoms with Crippen LogP contribution in [-0.4, -0.2) is 23.2 Å². The largest absolute Gasteiger partial charge is 0.496 e. The second-order valence-corrected chi connectivity index (χ2v) is 4.23. The van der Waals surface area contributed by atoms with Crippen LogP contribution in [0.1, 0.15) is 17.7 Å². The van der Waals surface area contributed by atoms with Crippen LogP contribution in [0.5, 0.6) is 5.75 Å². The first-order chi connectivity index (χ1) is 9.10. The molecule has 1 aromatic carbocycles. The van der Waals surface area contributed by atoms with Crippen molar-refractivity contribution in [2.45, 2.75) is 19.8 Å². The molecule has 1 N–H and O–H groups in total. The van der Waals surface area contributed by atoms with Gasteiger partial charge in [-0.15, -0.1) is 0 Å². The molecule has 0 unspecified atom stereocenters. The van der Waals surface area contributed by atoms with E-state index in [2.05, 4.69) is 4.98 Å². The molecular formula is C14H15NO4. The van der Waals surface area contributed by atoms with E-state index in [4.69, 9.17) is 14.3 Å². The molecule has 19 heavy (non-hydrogen) atoms. The SMILES string of the molecule is COc1cc(C)ccc1-c1ncc(CCC(=O)O)o1. The van der Waals surface area contributed by atoms with Crippen LogP contribution in [0, 0.1) is 6.92 Å². The Balaban J connectivity index is 2.25. The van der Waals surface area contributed by atoms with E-state index in [1.54, 1.807) is 13.3 Å². The number of carboxylic acid groups (broad SMARTS) is 1. The Hall–Kier alpha value is -2.30. The Morgan fingerprint density at radius 1 is 1.47 bits per heavy atom. The lowest BCUT2D eigenvalue weighted by molar-refractivity contribution is -0.137. The number of carboxylic acids is 1. The Morgan fingerprint density at radius 2 is 2.26 bits per heavy atom. The van der Waals surface area contributed by atoms with Gasteiger partial charge in [0.1, 0.15) is 11.5 Å². The first-order valence-electron chi connectivity index (χ1n) is 5.91. The average molecular weight is 261 g/mol. The van der Waals surface area contributed by atoms with Crippen LogP contribution in [0.15, 0.2) is 28.8 Å². The molecule has 1 aromatic heterocycles. The molecule has 1 heterocycles. The molecule has 5 heteroatoms. The van der Waals surface area contributed by atoms with Crippen molar-refractivity contribution in [2.75, 3.05) is 7.11 Å². The highest BCUT2D eigenvalue weighted by atomic mass is 16.5. The van der Waals surface area contributed by atoms with Crippen molar-refractivity contribution in [2.24, 2.45) is 0 Å². The Kier molecular flexibility index (Phi) is 3.85. The van der Waals surface area contributed by atoms with Crippen molar-refractivity contribution >= 4 is 5.97 Å². The zero-order chi connectivity index (χ0) is 13.8. The summed E-state index contributed by atoms with van der Waals surface area (Å²) in [4.78, 5) is 14.7. The van der Waals surface area contributed by atoms with Gasteiger partial charge in [0, 0.05) is 6.42 Å². The van der Waals surface area contributed by atoms with Crippen LogP contribution in [0.3, 0.4) is 0 Å². The molecule has 0 saturated carbocycles. The third kappa shape index (κ3) is 3.13. The highest BCUT2D eigenvalue weighted by molar-refractivity contribution is 5.67. The highest BCUT2D eigenvalue weighted by Gasteiger charge is 2.12. The van der Waals surface area contributed by atoms with Crippen LogP contribution in [-0.2, 0) is 11.2 Å². The van der Waals surface area contributed by atoms with E-state index in [0.29, 0.717) is 23.8 Å². The van der Waals surface area contributed by atoms with Crippen molar-refractivity contribution < 1.29 is 19.1 Å². The minimum absolute atomic E-state index is 0.0274. The van der Waals surface area contributed by atoms with E-state index in [-0.39, 0.29) is 6.42 Å². The number of hydrogen-bond donors (Lipinski definition) is 1. The van der Waals surface area contributed by atoms with E-state index < -0.39 is 5.97 Å². The number of hydrogen-bond acceptors (Lipinski definition) is 4. The summed E-state index contributed by atoms with van der Waals surface area (Å²) >= 11 is 0. The summed E-state index contributed by atoms with van der Waals surface area (Å²) < 4.78 is 10.8. The highest BCUT2D eigenvalue weighted by Crippen LogP contribution is 2.30. The number of nitrogens with zero attached hydrogens (tertiary/aromatic N) is 1. The number of carbonyl (C=O) groups is 1. The van der Waals surface area contributed by atoms with Crippen LogP contribution < -0.4 is 4.74 Å². The first kappa shape index (κ1) is 13.1. The van der Waals surface area contributed by atoms with Gasteiger partial charge in [0.2, 0.25) is 5.89 Å². The fourth-order valence-corrected chi connectivity index (χ4v) is 1.75. The van der Waals surface area contributed by atoms with E-state index in [9.17, 15) is 4.79 Å². The fourth-order valence-electron chi connectivity index (χ4n) is 1.75. The Morgan fingerprint density at radius 3 is 2.95 bits per heavy atom. The fraction of sp³-hybridized carbons (Fsp3) is 0.286. The van der Waals surface area contributed by atoms with Crippen LogP contribution >= 0.6 is 0 Å². The molecule has 100 valence electrons. The molecule has 0 amide bonds. The van der Waals surface area contributed by atoms with Gasteiger partial charge in [-0.05, 0) is 24.6 Å². The lowest BCUT2D eigenvalue weighted by Crippen LogP contribution is -1.96. The molecule has 0 aliphatic rings. The summed E-state index contributed by atoms with van der Waals surface area (Å²) in [5, 5.41) is 8.63. The maximum atomic E-state index is 10.5. The monoisotopic (exact) mass is 261 g/mol. The van der Waals surface area contributed by atoms with Crippen LogP contribution in [0.2, 0.25) is 0 Å². The number of ether oxygens (including phenoxy) is 1. The summed E-state index contributed by atoms with van der Waals surface area (Å²) in [7, 11) is 1.59. The van der Waals surface area contributed by atoms with E-state index in [1.165, 1.54) is 0 Å². The second-order valence-electron chi connectivity index (χ2n) is 4.23. The van der Waals surface area contributed by atoms with Gasteiger partial charge in [-0.3, -0.25) is 4.79 Å². The number of aliphatic carboxylic acids is 1. The second kappa shape index (κ2) is 5.56. The van der Waals surface area contributed by atoms with Gasteiger partial charge < -0.3 is 14.3 Å². The molecule has 5 nitrogen and oxygen atoms in total. The van der Waals surface area contributed by atoms with E-state index in [0.717, 1.165) is 11.1 Å². The van der Waals surface area contributed by atoms with Gasteiger partial charge in [-0.2, -0.15) is 0 Å². The van der Waals surface area contributed by atoms with E-state index in [1.807, 2.05) is 25.1 Å². The first-order valence-corrected chi connectivity index (χ1v) is 5.91. The summed E-state index contributed by atoms with van der Waals surface area (Å²) in [5.41, 5.74) is 1.84. The summed E-state index contributed by atoms with van der Waals surface area (Å²) in [6, 6.07) is 5.72. The minimum Gasteiger partial charge on any atom is -0.496 e. The smallest absolute Gasteiger partial charge is 0.303 e. The average Bonchev–Trinajstić information content (AvgIpc) is 2.84. The molecule has 0 bridgehead atoms. The molecule has 0 fully saturated rings. The van der Waals surface area contributed by atoms with Gasteiger partial charge in [0.25, 0.3) is 0 Å². The molecule has 2 rings (SSSR count). The number of oxazole rings is 1. The zero-order valence-corrected chi connectivity index (χ0v) is 10.8. The summed E-state index contributed by atoms with van der Waals surface area (Å²) in [6.07, 6.45) is 1.91. The summed E-state index contributed by atoms with van der Waals surface area (Å²) in [6.45, 7) is 1.97. The number of methoxy groups -OCH3 is 1. The number of benzene rings is 1. The van der Waals surface area contributed by atoms with Crippen LogP contribution in [0.25, 0.3) is 11.5 Å². The summed E-state index contributed by atoms with van der Waals surface area (Å²) in [5.74, 6) is 0.828. The topological polar surface area (TPSA) is 72.6 Å². The lowest BCUT2D eigenvalue weighted by Gasteiger charge is -2.06. The molecule has 0 atom stereocenters. The van der Waals surface area contributed by atoms with Gasteiger partial charge in [-0.25, -0.2) is 4.98 Å². The van der Waals surface area contributed by atoms with Gasteiger partial charge >= 0.3 is 5.97 Å². The van der Waals surface area contributed by atoms with E-state index >= 15 is 0 Å². The van der Waals surface area contributed by atoms with Crippen molar-refractivity contribution in [1.29, 1.82) is 0 Å². The maximum Gasteiger partial charge on any atom is 0.303 e. The molecule has 2 aromatic rings. The molecule has 0 radical (unpaired) electrons. The third-order valence-electron chi connectivity index (χ3n) is 2.73. The standard InChI is InChI=1S/C14H15NO4/c1-9-3-5-11(12(7-9)18-2)14-15-8-10(19-14)4-6-13(16)17/h3,5,7-8H,4,6H2,1-2H3,(H,16,17). The van der Waals surface area contributed by atoms with Crippen molar-refractivity contribution in [3.8, 4) is 17.2 Å². The molecule has 0 aliphatic carbocycles. The predicted molar refractivity (Wildman–Crippen MR) is 69.2 cm³/mol. The van der Waals surface area contributed by atoms with Gasteiger partial charge in [-0.1, -0.05) is 6.07 Å².